The van der Waals surface area contributed by atoms with Crippen molar-refractivity contribution in [3.8, 4) is 0 Å². The molecule has 16 heavy (non-hydrogen) atoms. The number of nitrogens with one attached hydrogen (secondary N) is 1. The smallest absolute Gasteiger partial charge is 0.108 e. The van der Waals surface area contributed by atoms with E-state index in [9.17, 15) is 0 Å². The summed E-state index contributed by atoms with van der Waals surface area (Å²) in [7, 11) is 0. The van der Waals surface area contributed by atoms with Crippen LogP contribution < -0.4 is 5.32 Å². The Labute approximate surface area is 101 Å². The van der Waals surface area contributed by atoms with Crippen LogP contribution in [0, 0.1) is 12.8 Å². The number of benzene rings is 1. The number of aromatic nitrogens is 1. The second-order valence-corrected chi connectivity index (χ2v) is 5.67. The van der Waals surface area contributed by atoms with Crippen LogP contribution in [0.1, 0.15) is 24.4 Å². The summed E-state index contributed by atoms with van der Waals surface area (Å²) < 4.78 is 1.29. The van der Waals surface area contributed by atoms with Gasteiger partial charge in [0.15, 0.2) is 0 Å². The van der Waals surface area contributed by atoms with Gasteiger partial charge in [0.1, 0.15) is 5.01 Å². The number of hydrogen-bond donors (Lipinski definition) is 1. The highest BCUT2D eigenvalue weighted by molar-refractivity contribution is 7.18. The van der Waals surface area contributed by atoms with Crippen molar-refractivity contribution in [1.82, 2.24) is 10.3 Å². The molecule has 2 aromatic rings. The fourth-order valence-electron chi connectivity index (χ4n) is 1.68. The monoisotopic (exact) mass is 234 g/mol. The van der Waals surface area contributed by atoms with Crippen LogP contribution in [0.25, 0.3) is 10.2 Å². The Morgan fingerprint density at radius 3 is 2.88 bits per heavy atom. The van der Waals surface area contributed by atoms with Crippen LogP contribution in [0.5, 0.6) is 0 Å². The second kappa shape index (κ2) is 4.93. The molecule has 0 bridgehead atoms. The molecule has 0 atom stereocenters. The lowest BCUT2D eigenvalue weighted by molar-refractivity contribution is 0.552. The number of hydrogen-bond acceptors (Lipinski definition) is 3. The van der Waals surface area contributed by atoms with Crippen molar-refractivity contribution in [1.29, 1.82) is 0 Å². The van der Waals surface area contributed by atoms with Crippen LogP contribution in [-0.2, 0) is 6.54 Å². The van der Waals surface area contributed by atoms with Crippen molar-refractivity contribution < 1.29 is 0 Å². The van der Waals surface area contributed by atoms with E-state index in [0.717, 1.165) is 18.6 Å². The Balaban J connectivity index is 2.11. The summed E-state index contributed by atoms with van der Waals surface area (Å²) in [6, 6.07) is 6.36. The van der Waals surface area contributed by atoms with E-state index in [4.69, 9.17) is 0 Å². The first kappa shape index (κ1) is 11.6. The van der Waals surface area contributed by atoms with E-state index in [1.165, 1.54) is 15.3 Å². The number of aryl methyl sites for hydroxylation is 1. The molecule has 0 spiro atoms. The van der Waals surface area contributed by atoms with Crippen molar-refractivity contribution in [2.24, 2.45) is 5.92 Å². The van der Waals surface area contributed by atoms with Crippen molar-refractivity contribution in [2.75, 3.05) is 6.54 Å². The van der Waals surface area contributed by atoms with Gasteiger partial charge in [-0.3, -0.25) is 0 Å². The summed E-state index contributed by atoms with van der Waals surface area (Å²) in [5.74, 6) is 0.691. The molecule has 1 aromatic heterocycles. The quantitative estimate of drug-likeness (QED) is 0.877. The molecule has 0 unspecified atom stereocenters. The second-order valence-electron chi connectivity index (χ2n) is 4.55. The van der Waals surface area contributed by atoms with Gasteiger partial charge in [-0.15, -0.1) is 11.3 Å². The van der Waals surface area contributed by atoms with E-state index in [1.807, 2.05) is 0 Å². The number of para-hydroxylation sites is 1. The van der Waals surface area contributed by atoms with Gasteiger partial charge in [-0.05, 0) is 31.0 Å². The largest absolute Gasteiger partial charge is 0.310 e. The van der Waals surface area contributed by atoms with Gasteiger partial charge in [-0.25, -0.2) is 4.98 Å². The molecule has 0 saturated heterocycles. The molecule has 0 saturated carbocycles. The third kappa shape index (κ3) is 2.60. The molecule has 0 aliphatic carbocycles. The number of nitrogens with zero attached hydrogens (tertiary/aromatic N) is 1. The summed E-state index contributed by atoms with van der Waals surface area (Å²) in [5, 5.41) is 4.61. The van der Waals surface area contributed by atoms with E-state index in [1.54, 1.807) is 11.3 Å². The minimum Gasteiger partial charge on any atom is -0.310 e. The fraction of sp³-hybridized carbons (Fsp3) is 0.462. The van der Waals surface area contributed by atoms with E-state index in [0.29, 0.717) is 5.92 Å². The molecule has 0 fully saturated rings. The predicted molar refractivity (Wildman–Crippen MR) is 70.9 cm³/mol. The molecule has 0 radical (unpaired) electrons. The van der Waals surface area contributed by atoms with Crippen LogP contribution in [0.4, 0.5) is 0 Å². The normalized spacial score (nSPS) is 11.5. The standard InChI is InChI=1S/C13H18N2S/c1-9(2)7-14-8-12-15-13-10(3)5-4-6-11(13)16-12/h4-6,9,14H,7-8H2,1-3H3. The van der Waals surface area contributed by atoms with Gasteiger partial charge in [0, 0.05) is 6.54 Å². The molecular formula is C13H18N2S. The molecule has 2 rings (SSSR count). The lowest BCUT2D eigenvalue weighted by Crippen LogP contribution is -2.18. The molecule has 86 valence electrons. The molecule has 1 heterocycles. The average molecular weight is 234 g/mol. The minimum absolute atomic E-state index is 0.691. The maximum absolute atomic E-state index is 4.67. The van der Waals surface area contributed by atoms with Crippen LogP contribution in [0.15, 0.2) is 18.2 Å². The van der Waals surface area contributed by atoms with Crippen LogP contribution in [-0.4, -0.2) is 11.5 Å². The number of thiazole rings is 1. The van der Waals surface area contributed by atoms with Crippen molar-refractivity contribution in [3.63, 3.8) is 0 Å². The summed E-state index contributed by atoms with van der Waals surface area (Å²) in [5.41, 5.74) is 2.43. The molecule has 1 aromatic carbocycles. The van der Waals surface area contributed by atoms with Crippen molar-refractivity contribution in [3.05, 3.63) is 28.8 Å². The average Bonchev–Trinajstić information content (AvgIpc) is 2.61. The van der Waals surface area contributed by atoms with Gasteiger partial charge in [0.25, 0.3) is 0 Å². The van der Waals surface area contributed by atoms with Crippen LogP contribution in [0.3, 0.4) is 0 Å². The Bertz CT molecular complexity index is 474. The molecule has 0 aliphatic rings. The fourth-order valence-corrected chi connectivity index (χ4v) is 2.69. The molecule has 0 amide bonds. The zero-order chi connectivity index (χ0) is 11.5. The summed E-state index contributed by atoms with van der Waals surface area (Å²) in [6.07, 6.45) is 0. The highest BCUT2D eigenvalue weighted by Gasteiger charge is 2.05. The van der Waals surface area contributed by atoms with Gasteiger partial charge in [0.05, 0.1) is 10.2 Å². The third-order valence-electron chi connectivity index (χ3n) is 2.49. The van der Waals surface area contributed by atoms with Gasteiger partial charge in [-0.2, -0.15) is 0 Å². The molecule has 3 heteroatoms. The van der Waals surface area contributed by atoms with Gasteiger partial charge in [0.2, 0.25) is 0 Å². The topological polar surface area (TPSA) is 24.9 Å². The van der Waals surface area contributed by atoms with Gasteiger partial charge < -0.3 is 5.32 Å². The van der Waals surface area contributed by atoms with Gasteiger partial charge >= 0.3 is 0 Å². The summed E-state index contributed by atoms with van der Waals surface area (Å²) in [4.78, 5) is 4.67. The minimum atomic E-state index is 0.691. The lowest BCUT2D eigenvalue weighted by Gasteiger charge is -2.04. The first-order valence-corrected chi connectivity index (χ1v) is 6.54. The number of rotatable bonds is 4. The number of fused-ring (bicyclic) bond motifs is 1. The Morgan fingerprint density at radius 2 is 2.19 bits per heavy atom. The first-order chi connectivity index (χ1) is 7.66. The molecule has 0 aliphatic heterocycles. The van der Waals surface area contributed by atoms with Crippen LogP contribution >= 0.6 is 11.3 Å². The predicted octanol–water partition coefficient (Wildman–Crippen LogP) is 3.35. The Hall–Kier alpha value is -0.930. The van der Waals surface area contributed by atoms with E-state index >= 15 is 0 Å². The van der Waals surface area contributed by atoms with Gasteiger partial charge in [-0.1, -0.05) is 26.0 Å². The SMILES string of the molecule is Cc1cccc2sc(CNCC(C)C)nc12. The lowest BCUT2D eigenvalue weighted by atomic mass is 10.2. The third-order valence-corrected chi connectivity index (χ3v) is 3.51. The van der Waals surface area contributed by atoms with Crippen molar-refractivity contribution in [2.45, 2.75) is 27.3 Å². The zero-order valence-electron chi connectivity index (χ0n) is 10.1. The Morgan fingerprint density at radius 1 is 1.38 bits per heavy atom. The van der Waals surface area contributed by atoms with Crippen LogP contribution in [0.2, 0.25) is 0 Å². The van der Waals surface area contributed by atoms with Crippen molar-refractivity contribution >= 4 is 21.6 Å². The molecular weight excluding hydrogens is 216 g/mol. The maximum atomic E-state index is 4.67. The maximum Gasteiger partial charge on any atom is 0.108 e. The highest BCUT2D eigenvalue weighted by Crippen LogP contribution is 2.24. The van der Waals surface area contributed by atoms with E-state index in [-0.39, 0.29) is 0 Å². The molecule has 2 nitrogen and oxygen atoms in total. The highest BCUT2D eigenvalue weighted by atomic mass is 32.1. The Kier molecular flexibility index (Phi) is 3.56. The van der Waals surface area contributed by atoms with E-state index < -0.39 is 0 Å². The summed E-state index contributed by atoms with van der Waals surface area (Å²) >= 11 is 1.79. The summed E-state index contributed by atoms with van der Waals surface area (Å²) in [6.45, 7) is 8.49. The first-order valence-electron chi connectivity index (χ1n) is 5.72. The zero-order valence-corrected chi connectivity index (χ0v) is 10.9. The molecule has 1 N–H and O–H groups in total. The van der Waals surface area contributed by atoms with E-state index in [2.05, 4.69) is 49.3 Å².